The van der Waals surface area contributed by atoms with Crippen LogP contribution in [0.4, 0.5) is 13.2 Å². The van der Waals surface area contributed by atoms with Crippen LogP contribution in [0.3, 0.4) is 0 Å². The van der Waals surface area contributed by atoms with Crippen molar-refractivity contribution in [2.75, 3.05) is 34.3 Å². The fourth-order valence-electron chi connectivity index (χ4n) is 10.3. The van der Waals surface area contributed by atoms with E-state index >= 15 is 0 Å². The van der Waals surface area contributed by atoms with Crippen LogP contribution in [0.5, 0.6) is 5.75 Å². The quantitative estimate of drug-likeness (QED) is 0.0616. The largest absolute Gasteiger partial charge is 0.429 e. The third kappa shape index (κ3) is 12.8. The summed E-state index contributed by atoms with van der Waals surface area (Å²) in [4.78, 5) is 10.6. The van der Waals surface area contributed by atoms with Gasteiger partial charge in [-0.3, -0.25) is 4.79 Å². The summed E-state index contributed by atoms with van der Waals surface area (Å²) in [5, 5.41) is 24.6. The SMILES string of the molecule is CNC1CCC(c2ccc(C(F)(F)F)cc2)c2ccccc21.CN[C@H]1CC[C@@H](c2ccc(Cl)c(Cl)c2)c2ccc(CNCCO)cc21.CN[C@H]1CC[C@@H](c2ccc(Cl)c(Cl)c2)c2ccc(OC=O)cc21. The Balaban J connectivity index is 0.000000155. The molecule has 6 aromatic rings. The molecule has 0 aromatic heterocycles. The van der Waals surface area contributed by atoms with Crippen molar-refractivity contribution in [3.63, 3.8) is 0 Å². The average Bonchev–Trinajstić information content (AvgIpc) is 3.37. The van der Waals surface area contributed by atoms with Gasteiger partial charge in [0.2, 0.25) is 0 Å². The summed E-state index contributed by atoms with van der Waals surface area (Å²) < 4.78 is 43.1. The fourth-order valence-corrected chi connectivity index (χ4v) is 11.0. The van der Waals surface area contributed by atoms with Gasteiger partial charge in [-0.2, -0.15) is 13.2 Å². The van der Waals surface area contributed by atoms with Gasteiger partial charge in [0.1, 0.15) is 5.75 Å². The molecule has 0 amide bonds. The Morgan fingerprint density at radius 2 is 1.03 bits per heavy atom. The Labute approximate surface area is 429 Å². The monoisotopic (exact) mass is 1030 g/mol. The second-order valence-electron chi connectivity index (χ2n) is 17.9. The van der Waals surface area contributed by atoms with Crippen LogP contribution in [0.2, 0.25) is 20.1 Å². The molecule has 3 aliphatic rings. The zero-order valence-corrected chi connectivity index (χ0v) is 42.4. The van der Waals surface area contributed by atoms with Gasteiger partial charge in [0.25, 0.3) is 6.47 Å². The third-order valence-corrected chi connectivity index (χ3v) is 15.3. The van der Waals surface area contributed by atoms with E-state index < -0.39 is 11.7 Å². The summed E-state index contributed by atoms with van der Waals surface area (Å²) in [6.45, 7) is 1.99. The summed E-state index contributed by atoms with van der Waals surface area (Å²) in [5.74, 6) is 1.33. The van der Waals surface area contributed by atoms with Crippen molar-refractivity contribution in [1.29, 1.82) is 0 Å². The predicted octanol–water partition coefficient (Wildman–Crippen LogP) is 13.9. The molecule has 6 atom stereocenters. The van der Waals surface area contributed by atoms with Gasteiger partial charge >= 0.3 is 6.18 Å². The van der Waals surface area contributed by atoms with E-state index in [0.717, 1.165) is 61.8 Å². The molecule has 70 heavy (non-hydrogen) atoms. The van der Waals surface area contributed by atoms with Crippen molar-refractivity contribution < 1.29 is 27.8 Å². The van der Waals surface area contributed by atoms with Gasteiger partial charge in [-0.1, -0.05) is 119 Å². The minimum absolute atomic E-state index is 0.156. The van der Waals surface area contributed by atoms with Gasteiger partial charge in [0, 0.05) is 49.0 Å². The molecule has 0 radical (unpaired) electrons. The minimum Gasteiger partial charge on any atom is -0.429 e. The number of aliphatic hydroxyl groups is 1. The number of rotatable bonds is 12. The first kappa shape index (κ1) is 53.3. The van der Waals surface area contributed by atoms with E-state index in [1.165, 1.54) is 51.1 Å². The molecule has 7 nitrogen and oxygen atoms in total. The lowest BCUT2D eigenvalue weighted by Gasteiger charge is -2.32. The molecule has 14 heteroatoms. The highest BCUT2D eigenvalue weighted by Gasteiger charge is 2.33. The summed E-state index contributed by atoms with van der Waals surface area (Å²) in [6, 6.07) is 39.0. The van der Waals surface area contributed by atoms with Crippen LogP contribution in [-0.2, 0) is 17.5 Å². The second-order valence-corrected chi connectivity index (χ2v) is 19.5. The molecular weight excluding hydrogens is 975 g/mol. The Hall–Kier alpha value is -4.46. The molecular formula is C56H59Cl4F3N4O3. The van der Waals surface area contributed by atoms with E-state index in [1.54, 1.807) is 12.1 Å². The molecule has 5 N–H and O–H groups in total. The number of nitrogens with one attached hydrogen (secondary N) is 4. The van der Waals surface area contributed by atoms with Gasteiger partial charge in [0.15, 0.2) is 0 Å². The van der Waals surface area contributed by atoms with Gasteiger partial charge in [-0.15, -0.1) is 0 Å². The highest BCUT2D eigenvalue weighted by Crippen LogP contribution is 2.46. The highest BCUT2D eigenvalue weighted by atomic mass is 35.5. The lowest BCUT2D eigenvalue weighted by molar-refractivity contribution is -0.137. The molecule has 2 unspecified atom stereocenters. The Morgan fingerprint density at radius 1 is 0.557 bits per heavy atom. The van der Waals surface area contributed by atoms with E-state index in [1.807, 2.05) is 81.8 Å². The van der Waals surface area contributed by atoms with E-state index in [-0.39, 0.29) is 24.5 Å². The maximum Gasteiger partial charge on any atom is 0.416 e. The van der Waals surface area contributed by atoms with Crippen LogP contribution in [0.15, 0.2) is 121 Å². The number of hydrogen-bond donors (Lipinski definition) is 5. The van der Waals surface area contributed by atoms with E-state index in [9.17, 15) is 18.0 Å². The molecule has 0 fully saturated rings. The first-order chi connectivity index (χ1) is 33.8. The fraction of sp³-hybridized carbons (Fsp3) is 0.339. The smallest absolute Gasteiger partial charge is 0.416 e. The third-order valence-electron chi connectivity index (χ3n) is 13.9. The number of carbonyl (C=O) groups excluding carboxylic acids is 1. The molecule has 370 valence electrons. The van der Waals surface area contributed by atoms with Crippen molar-refractivity contribution in [2.45, 2.75) is 87.1 Å². The summed E-state index contributed by atoms with van der Waals surface area (Å²) >= 11 is 24.5. The zero-order valence-electron chi connectivity index (χ0n) is 39.4. The van der Waals surface area contributed by atoms with Crippen LogP contribution < -0.4 is 26.0 Å². The first-order valence-corrected chi connectivity index (χ1v) is 25.2. The Kier molecular flexibility index (Phi) is 18.9. The van der Waals surface area contributed by atoms with Crippen molar-refractivity contribution in [3.8, 4) is 5.75 Å². The van der Waals surface area contributed by atoms with Gasteiger partial charge < -0.3 is 31.1 Å². The molecule has 0 spiro atoms. The number of benzene rings is 6. The van der Waals surface area contributed by atoms with E-state index in [0.29, 0.717) is 56.9 Å². The number of alkyl halides is 3. The molecule has 3 aliphatic carbocycles. The summed E-state index contributed by atoms with van der Waals surface area (Å²) in [5.41, 5.74) is 11.5. The van der Waals surface area contributed by atoms with Crippen LogP contribution in [-0.4, -0.2) is 45.9 Å². The van der Waals surface area contributed by atoms with E-state index in [2.05, 4.69) is 57.7 Å². The topological polar surface area (TPSA) is 94.7 Å². The number of aliphatic hydroxyl groups excluding tert-OH is 1. The maximum atomic E-state index is 12.7. The van der Waals surface area contributed by atoms with Crippen molar-refractivity contribution in [1.82, 2.24) is 21.3 Å². The predicted molar refractivity (Wildman–Crippen MR) is 278 cm³/mol. The standard InChI is InChI=1S/C20H24Cl2N2O.C18H17Cl2NO2.C18H18F3N/c1-23-20-7-5-15(14-3-6-18(21)19(22)11-14)16-4-2-13(10-17(16)20)12-24-8-9-25;1-21-18-7-5-13(11-2-6-16(19)17(20)8-11)14-4-3-12(23-10-22)9-15(14)18;1-22-17-11-10-14(15-4-2-3-5-16(15)17)12-6-8-13(9-7-12)18(19,20)21/h2-4,6,10-11,15,20,23-25H,5,7-9,12H2,1H3;2-4,6,8-10,13,18,21H,5,7H2,1H3;2-9,14,17,22H,10-11H2,1H3/t15-,20-;13-,18-;/m00./s1. The van der Waals surface area contributed by atoms with Crippen LogP contribution in [0, 0.1) is 0 Å². The molecule has 0 saturated carbocycles. The zero-order chi connectivity index (χ0) is 50.0. The lowest BCUT2D eigenvalue weighted by Crippen LogP contribution is -2.25. The normalized spacial score (nSPS) is 20.3. The van der Waals surface area contributed by atoms with Gasteiger partial charge in [-0.25, -0.2) is 0 Å². The van der Waals surface area contributed by atoms with E-state index in [4.69, 9.17) is 56.2 Å². The van der Waals surface area contributed by atoms with Crippen molar-refractivity contribution in [2.24, 2.45) is 0 Å². The van der Waals surface area contributed by atoms with Crippen LogP contribution in [0.25, 0.3) is 0 Å². The molecule has 6 aromatic carbocycles. The van der Waals surface area contributed by atoms with Crippen LogP contribution >= 0.6 is 46.4 Å². The van der Waals surface area contributed by atoms with Crippen molar-refractivity contribution in [3.05, 3.63) is 203 Å². The molecule has 0 aliphatic heterocycles. The Morgan fingerprint density at radius 3 is 1.53 bits per heavy atom. The number of halogens is 7. The molecule has 0 bridgehead atoms. The number of hydrogen-bond acceptors (Lipinski definition) is 7. The lowest BCUT2D eigenvalue weighted by atomic mass is 9.76. The number of ether oxygens (including phenoxy) is 1. The van der Waals surface area contributed by atoms with Crippen molar-refractivity contribution >= 4 is 52.9 Å². The van der Waals surface area contributed by atoms with Gasteiger partial charge in [-0.05, 0) is 164 Å². The molecule has 0 saturated heterocycles. The number of carbonyl (C=O) groups is 1. The summed E-state index contributed by atoms with van der Waals surface area (Å²) in [6.07, 6.45) is 1.83. The first-order valence-electron chi connectivity index (χ1n) is 23.6. The second kappa shape index (κ2) is 24.8. The minimum atomic E-state index is -4.28. The highest BCUT2D eigenvalue weighted by molar-refractivity contribution is 6.42. The molecule has 9 rings (SSSR count). The summed E-state index contributed by atoms with van der Waals surface area (Å²) in [7, 11) is 5.91. The maximum absolute atomic E-state index is 12.7. The number of fused-ring (bicyclic) bond motifs is 3. The Bertz CT molecular complexity index is 2710. The molecule has 0 heterocycles. The van der Waals surface area contributed by atoms with Crippen LogP contribution in [0.1, 0.15) is 136 Å². The van der Waals surface area contributed by atoms with Gasteiger partial charge in [0.05, 0.1) is 32.3 Å². The average molecular weight is 1030 g/mol.